The van der Waals surface area contributed by atoms with Crippen LogP contribution in [-0.4, -0.2) is 6.67 Å². The second-order valence-electron chi connectivity index (χ2n) is 5.37. The number of allylic oxidation sites excluding steroid dienone is 2. The summed E-state index contributed by atoms with van der Waals surface area (Å²) in [5.41, 5.74) is 1.10. The lowest BCUT2D eigenvalue weighted by Gasteiger charge is -2.27. The highest BCUT2D eigenvalue weighted by Crippen LogP contribution is 2.36. The van der Waals surface area contributed by atoms with E-state index in [9.17, 15) is 8.78 Å². The number of nitriles is 1. The Bertz CT molecular complexity index is 508. The monoisotopic (exact) mass is 275 g/mol. The Morgan fingerprint density at radius 3 is 2.60 bits per heavy atom. The van der Waals surface area contributed by atoms with Crippen LogP contribution in [0, 0.1) is 23.1 Å². The van der Waals surface area contributed by atoms with Gasteiger partial charge >= 0.3 is 0 Å². The van der Waals surface area contributed by atoms with Gasteiger partial charge in [0, 0.05) is 0 Å². The van der Waals surface area contributed by atoms with Gasteiger partial charge in [-0.05, 0) is 61.6 Å². The molecule has 0 heterocycles. The largest absolute Gasteiger partial charge is 0.251 e. The van der Waals surface area contributed by atoms with E-state index < -0.39 is 5.82 Å². The number of alkyl halides is 1. The second kappa shape index (κ2) is 7.19. The molecule has 1 aromatic rings. The molecular weight excluding hydrogens is 256 g/mol. The van der Waals surface area contributed by atoms with Crippen molar-refractivity contribution in [3.63, 3.8) is 0 Å². The number of halogens is 2. The highest BCUT2D eigenvalue weighted by atomic mass is 19.1. The van der Waals surface area contributed by atoms with Crippen LogP contribution in [0.15, 0.2) is 30.4 Å². The third-order valence-corrected chi connectivity index (χ3v) is 4.04. The molecular formula is C17H19F2N. The lowest BCUT2D eigenvalue weighted by Crippen LogP contribution is -2.12. The topological polar surface area (TPSA) is 23.8 Å². The van der Waals surface area contributed by atoms with Crippen LogP contribution < -0.4 is 0 Å². The van der Waals surface area contributed by atoms with E-state index in [1.54, 1.807) is 6.07 Å². The summed E-state index contributed by atoms with van der Waals surface area (Å²) >= 11 is 0. The molecule has 106 valence electrons. The van der Waals surface area contributed by atoms with Gasteiger partial charge in [-0.2, -0.15) is 5.26 Å². The molecule has 0 N–H and O–H groups in total. The number of hydrogen-bond acceptors (Lipinski definition) is 1. The van der Waals surface area contributed by atoms with Gasteiger partial charge in [0.15, 0.2) is 0 Å². The summed E-state index contributed by atoms with van der Waals surface area (Å²) in [5.74, 6) is 0.485. The zero-order valence-corrected chi connectivity index (χ0v) is 11.5. The van der Waals surface area contributed by atoms with Gasteiger partial charge in [-0.15, -0.1) is 0 Å². The second-order valence-corrected chi connectivity index (χ2v) is 5.37. The minimum atomic E-state index is -0.421. The van der Waals surface area contributed by atoms with Gasteiger partial charge in [0.25, 0.3) is 0 Å². The molecule has 0 radical (unpaired) electrons. The fraction of sp³-hybridized carbons (Fsp3) is 0.471. The predicted molar refractivity (Wildman–Crippen MR) is 75.5 cm³/mol. The van der Waals surface area contributed by atoms with E-state index in [1.165, 1.54) is 6.07 Å². The smallest absolute Gasteiger partial charge is 0.141 e. The lowest BCUT2D eigenvalue weighted by molar-refractivity contribution is 0.374. The van der Waals surface area contributed by atoms with Crippen molar-refractivity contribution in [2.24, 2.45) is 5.92 Å². The highest BCUT2D eigenvalue weighted by molar-refractivity contribution is 5.34. The predicted octanol–water partition coefficient (Wildman–Crippen LogP) is 4.89. The van der Waals surface area contributed by atoms with E-state index >= 15 is 0 Å². The molecule has 0 amide bonds. The maximum atomic E-state index is 13.6. The molecule has 20 heavy (non-hydrogen) atoms. The van der Waals surface area contributed by atoms with Crippen molar-refractivity contribution in [1.82, 2.24) is 0 Å². The third-order valence-electron chi connectivity index (χ3n) is 4.04. The first kappa shape index (κ1) is 14.7. The van der Waals surface area contributed by atoms with E-state index in [0.29, 0.717) is 18.3 Å². The van der Waals surface area contributed by atoms with Crippen molar-refractivity contribution in [1.29, 1.82) is 5.26 Å². The number of hydrogen-bond donors (Lipinski definition) is 0. The molecule has 1 aliphatic carbocycles. The Hall–Kier alpha value is -1.69. The molecule has 0 unspecified atom stereocenters. The van der Waals surface area contributed by atoms with E-state index in [4.69, 9.17) is 5.26 Å². The van der Waals surface area contributed by atoms with Gasteiger partial charge in [0.2, 0.25) is 0 Å². The average Bonchev–Trinajstić information content (AvgIpc) is 2.48. The summed E-state index contributed by atoms with van der Waals surface area (Å²) in [7, 11) is 0. The lowest BCUT2D eigenvalue weighted by atomic mass is 9.78. The minimum absolute atomic E-state index is 0.108. The van der Waals surface area contributed by atoms with Crippen molar-refractivity contribution in [3.8, 4) is 6.07 Å². The Balaban J connectivity index is 1.94. The number of benzene rings is 1. The molecule has 0 aliphatic heterocycles. The van der Waals surface area contributed by atoms with Crippen molar-refractivity contribution in [2.75, 3.05) is 6.67 Å². The third kappa shape index (κ3) is 3.66. The van der Waals surface area contributed by atoms with Crippen LogP contribution in [0.2, 0.25) is 0 Å². The van der Waals surface area contributed by atoms with E-state index in [-0.39, 0.29) is 12.2 Å². The maximum Gasteiger partial charge on any atom is 0.141 e. The van der Waals surface area contributed by atoms with Crippen LogP contribution in [0.25, 0.3) is 0 Å². The first-order chi connectivity index (χ1) is 9.74. The van der Waals surface area contributed by atoms with Crippen LogP contribution in [-0.2, 0) is 0 Å². The average molecular weight is 275 g/mol. The highest BCUT2D eigenvalue weighted by Gasteiger charge is 2.21. The van der Waals surface area contributed by atoms with Crippen LogP contribution in [0.1, 0.15) is 49.1 Å². The summed E-state index contributed by atoms with van der Waals surface area (Å²) in [6.07, 6.45) is 8.72. The zero-order chi connectivity index (χ0) is 14.4. The molecule has 3 heteroatoms. The van der Waals surface area contributed by atoms with Gasteiger partial charge in [0.1, 0.15) is 11.9 Å². The molecule has 0 bridgehead atoms. The number of nitrogens with zero attached hydrogens (tertiary/aromatic N) is 1. The fourth-order valence-corrected chi connectivity index (χ4v) is 2.87. The number of rotatable bonds is 4. The Morgan fingerprint density at radius 1 is 1.25 bits per heavy atom. The SMILES string of the molecule is N#Cc1ccc(C2CCC(/C=C/CCF)CC2)cc1F. The van der Waals surface area contributed by atoms with Gasteiger partial charge in [0.05, 0.1) is 12.2 Å². The molecule has 1 aliphatic rings. The van der Waals surface area contributed by atoms with E-state index in [2.05, 4.69) is 6.08 Å². The molecule has 1 saturated carbocycles. The molecule has 1 nitrogen and oxygen atoms in total. The normalized spacial score (nSPS) is 22.9. The van der Waals surface area contributed by atoms with Gasteiger partial charge in [-0.3, -0.25) is 4.39 Å². The standard InChI is InChI=1S/C17H19F2N/c18-10-2-1-3-13-4-6-14(7-5-13)15-8-9-16(12-20)17(19)11-15/h1,3,8-9,11,13-14H,2,4-7,10H2/b3-1+. The molecule has 2 rings (SSSR count). The van der Waals surface area contributed by atoms with Crippen molar-refractivity contribution >= 4 is 0 Å². The maximum absolute atomic E-state index is 13.6. The van der Waals surface area contributed by atoms with Crippen LogP contribution in [0.5, 0.6) is 0 Å². The van der Waals surface area contributed by atoms with Gasteiger partial charge in [-0.25, -0.2) is 4.39 Å². The minimum Gasteiger partial charge on any atom is -0.251 e. The van der Waals surface area contributed by atoms with Crippen molar-refractivity contribution in [3.05, 3.63) is 47.3 Å². The first-order valence-corrected chi connectivity index (χ1v) is 7.16. The summed E-state index contributed by atoms with van der Waals surface area (Å²) < 4.78 is 25.6. The van der Waals surface area contributed by atoms with Gasteiger partial charge < -0.3 is 0 Å². The van der Waals surface area contributed by atoms with Crippen LogP contribution in [0.3, 0.4) is 0 Å². The summed E-state index contributed by atoms with van der Waals surface area (Å²) in [6.45, 7) is -0.295. The first-order valence-electron chi connectivity index (χ1n) is 7.16. The summed E-state index contributed by atoms with van der Waals surface area (Å²) in [6, 6.07) is 6.78. The van der Waals surface area contributed by atoms with Crippen LogP contribution in [0.4, 0.5) is 8.78 Å². The molecule has 0 atom stereocenters. The van der Waals surface area contributed by atoms with Crippen molar-refractivity contribution < 1.29 is 8.78 Å². The molecule has 0 saturated heterocycles. The Labute approximate surface area is 118 Å². The Morgan fingerprint density at radius 2 is 2.00 bits per heavy atom. The Kier molecular flexibility index (Phi) is 5.29. The quantitative estimate of drug-likeness (QED) is 0.718. The molecule has 1 fully saturated rings. The molecule has 1 aromatic carbocycles. The summed E-state index contributed by atoms with van der Waals surface area (Å²) in [5, 5.41) is 8.73. The zero-order valence-electron chi connectivity index (χ0n) is 11.5. The van der Waals surface area contributed by atoms with Crippen molar-refractivity contribution in [2.45, 2.75) is 38.0 Å². The van der Waals surface area contributed by atoms with E-state index in [1.807, 2.05) is 18.2 Å². The van der Waals surface area contributed by atoms with E-state index in [0.717, 1.165) is 31.2 Å². The van der Waals surface area contributed by atoms with Gasteiger partial charge in [-0.1, -0.05) is 18.2 Å². The summed E-state index contributed by atoms with van der Waals surface area (Å²) in [4.78, 5) is 0. The molecule has 0 aromatic heterocycles. The fourth-order valence-electron chi connectivity index (χ4n) is 2.87. The van der Waals surface area contributed by atoms with Crippen LogP contribution >= 0.6 is 0 Å². The molecule has 0 spiro atoms.